The van der Waals surface area contributed by atoms with E-state index in [0.717, 1.165) is 37.1 Å². The van der Waals surface area contributed by atoms with Crippen molar-refractivity contribution >= 4 is 11.7 Å². The second-order valence-electron chi connectivity index (χ2n) is 5.41. The summed E-state index contributed by atoms with van der Waals surface area (Å²) in [5, 5.41) is 12.1. The van der Waals surface area contributed by atoms with Gasteiger partial charge in [0.25, 0.3) is 5.91 Å². The Kier molecular flexibility index (Phi) is 3.91. The van der Waals surface area contributed by atoms with Crippen LogP contribution < -0.4 is 5.73 Å². The molecule has 1 fully saturated rings. The van der Waals surface area contributed by atoms with Gasteiger partial charge >= 0.3 is 0 Å². The summed E-state index contributed by atoms with van der Waals surface area (Å²) in [6.45, 7) is 1.90. The van der Waals surface area contributed by atoms with Crippen LogP contribution in [0.4, 0.5) is 0 Å². The topological polar surface area (TPSA) is 96.2 Å². The molecule has 1 aliphatic heterocycles. The number of nitrogens with two attached hydrogens (primary N) is 1. The van der Waals surface area contributed by atoms with Crippen LogP contribution in [-0.4, -0.2) is 34.9 Å². The van der Waals surface area contributed by atoms with Crippen LogP contribution in [0.1, 0.15) is 35.4 Å². The molecule has 2 aromatic rings. The summed E-state index contributed by atoms with van der Waals surface area (Å²) in [5.74, 6) is -0.0355. The summed E-state index contributed by atoms with van der Waals surface area (Å²) in [6.07, 6.45) is 3.54. The molecule has 1 aromatic heterocycles. The molecule has 0 aliphatic carbocycles. The molecule has 3 rings (SSSR count). The first kappa shape index (κ1) is 14.3. The van der Waals surface area contributed by atoms with E-state index >= 15 is 0 Å². The average molecular weight is 298 g/mol. The molecule has 114 valence electrons. The Labute approximate surface area is 128 Å². The Morgan fingerprint density at radius 2 is 1.86 bits per heavy atom. The summed E-state index contributed by atoms with van der Waals surface area (Å²) in [4.78, 5) is 13.1. The van der Waals surface area contributed by atoms with Crippen LogP contribution in [0.3, 0.4) is 0 Å². The van der Waals surface area contributed by atoms with E-state index < -0.39 is 5.91 Å². The molecule has 3 N–H and O–H groups in total. The number of hydrogen-bond donors (Lipinski definition) is 2. The number of amides is 1. The van der Waals surface area contributed by atoms with Crippen molar-refractivity contribution in [3.63, 3.8) is 0 Å². The number of carbonyl (C=O) groups excluding carboxylic acids is 1. The van der Waals surface area contributed by atoms with E-state index in [1.165, 1.54) is 12.5 Å². The highest BCUT2D eigenvalue weighted by Crippen LogP contribution is 2.21. The Morgan fingerprint density at radius 1 is 1.18 bits per heavy atom. The number of primary amides is 1. The number of nitrogens with one attached hydrogen (secondary N) is 1. The molecule has 2 heterocycles. The van der Waals surface area contributed by atoms with Crippen LogP contribution in [0, 0.1) is 5.41 Å². The van der Waals surface area contributed by atoms with Crippen molar-refractivity contribution < 1.29 is 9.32 Å². The highest BCUT2D eigenvalue weighted by Gasteiger charge is 2.15. The molecule has 1 amide bonds. The fourth-order valence-corrected chi connectivity index (χ4v) is 2.63. The van der Waals surface area contributed by atoms with E-state index in [-0.39, 0.29) is 5.76 Å². The molecular formula is C16H18N4O2. The number of amidine groups is 1. The summed E-state index contributed by atoms with van der Waals surface area (Å²) in [6, 6.07) is 9.05. The van der Waals surface area contributed by atoms with E-state index in [1.807, 2.05) is 24.3 Å². The molecular weight excluding hydrogens is 280 g/mol. The molecule has 0 atom stereocenters. The van der Waals surface area contributed by atoms with Gasteiger partial charge in [-0.2, -0.15) is 0 Å². The first-order valence-corrected chi connectivity index (χ1v) is 7.36. The zero-order chi connectivity index (χ0) is 15.5. The van der Waals surface area contributed by atoms with Gasteiger partial charge in [0.05, 0.1) is 0 Å². The Bertz CT molecular complexity index is 684. The Hall–Kier alpha value is -2.63. The van der Waals surface area contributed by atoms with Gasteiger partial charge in [-0.15, -0.1) is 0 Å². The SMILES string of the molecule is N=C(c1ccc(-c2cc(C(N)=O)on2)cc1)N1CCCCC1. The van der Waals surface area contributed by atoms with Crippen molar-refractivity contribution in [1.82, 2.24) is 10.1 Å². The lowest BCUT2D eigenvalue weighted by Gasteiger charge is -2.29. The third-order valence-corrected chi connectivity index (χ3v) is 3.88. The third-order valence-electron chi connectivity index (χ3n) is 3.88. The van der Waals surface area contributed by atoms with Crippen LogP contribution in [0.15, 0.2) is 34.9 Å². The number of likely N-dealkylation sites (tertiary alicyclic amines) is 1. The first-order valence-electron chi connectivity index (χ1n) is 7.36. The van der Waals surface area contributed by atoms with Gasteiger partial charge in [0, 0.05) is 30.3 Å². The van der Waals surface area contributed by atoms with Crippen LogP contribution in [0.5, 0.6) is 0 Å². The van der Waals surface area contributed by atoms with Crippen molar-refractivity contribution in [3.8, 4) is 11.3 Å². The predicted octanol–water partition coefficient (Wildman–Crippen LogP) is 2.25. The minimum Gasteiger partial charge on any atom is -0.363 e. The molecule has 0 saturated carbocycles. The quantitative estimate of drug-likeness (QED) is 0.671. The largest absolute Gasteiger partial charge is 0.363 e. The number of hydrogen-bond acceptors (Lipinski definition) is 4. The molecule has 0 spiro atoms. The fraction of sp³-hybridized carbons (Fsp3) is 0.312. The molecule has 0 bridgehead atoms. The average Bonchev–Trinajstić information content (AvgIpc) is 3.05. The molecule has 6 nitrogen and oxygen atoms in total. The monoisotopic (exact) mass is 298 g/mol. The summed E-state index contributed by atoms with van der Waals surface area (Å²) in [7, 11) is 0. The van der Waals surface area contributed by atoms with E-state index in [1.54, 1.807) is 0 Å². The summed E-state index contributed by atoms with van der Waals surface area (Å²) in [5.41, 5.74) is 7.41. The number of nitrogens with zero attached hydrogens (tertiary/aromatic N) is 2. The molecule has 1 saturated heterocycles. The van der Waals surface area contributed by atoms with Crippen molar-refractivity contribution in [2.45, 2.75) is 19.3 Å². The molecule has 1 aromatic carbocycles. The number of aromatic nitrogens is 1. The third kappa shape index (κ3) is 2.86. The fourth-order valence-electron chi connectivity index (χ4n) is 2.63. The first-order chi connectivity index (χ1) is 10.6. The van der Waals surface area contributed by atoms with Gasteiger partial charge in [0.2, 0.25) is 5.76 Å². The number of rotatable bonds is 3. The Morgan fingerprint density at radius 3 is 2.45 bits per heavy atom. The highest BCUT2D eigenvalue weighted by atomic mass is 16.5. The molecule has 0 unspecified atom stereocenters. The molecule has 22 heavy (non-hydrogen) atoms. The van der Waals surface area contributed by atoms with E-state index in [4.69, 9.17) is 15.7 Å². The maximum Gasteiger partial charge on any atom is 0.287 e. The maximum absolute atomic E-state index is 11.0. The van der Waals surface area contributed by atoms with Crippen molar-refractivity contribution in [3.05, 3.63) is 41.7 Å². The van der Waals surface area contributed by atoms with E-state index in [0.29, 0.717) is 11.5 Å². The van der Waals surface area contributed by atoms with Gasteiger partial charge in [0.15, 0.2) is 0 Å². The van der Waals surface area contributed by atoms with Crippen LogP contribution in [0.2, 0.25) is 0 Å². The lowest BCUT2D eigenvalue weighted by atomic mass is 10.1. The van der Waals surface area contributed by atoms with E-state index in [9.17, 15) is 4.79 Å². The molecule has 6 heteroatoms. The van der Waals surface area contributed by atoms with Crippen LogP contribution in [0.25, 0.3) is 11.3 Å². The highest BCUT2D eigenvalue weighted by molar-refractivity contribution is 5.97. The number of benzene rings is 1. The minimum absolute atomic E-state index is 0.0418. The van der Waals surface area contributed by atoms with Gasteiger partial charge in [-0.05, 0) is 19.3 Å². The zero-order valence-electron chi connectivity index (χ0n) is 12.2. The number of carbonyl (C=O) groups is 1. The van der Waals surface area contributed by atoms with Crippen molar-refractivity contribution in [2.75, 3.05) is 13.1 Å². The van der Waals surface area contributed by atoms with Crippen molar-refractivity contribution in [2.24, 2.45) is 5.73 Å². The van der Waals surface area contributed by atoms with Gasteiger partial charge in [-0.1, -0.05) is 29.4 Å². The smallest absolute Gasteiger partial charge is 0.287 e. The summed E-state index contributed by atoms with van der Waals surface area (Å²) < 4.78 is 4.88. The van der Waals surface area contributed by atoms with E-state index in [2.05, 4.69) is 10.1 Å². The van der Waals surface area contributed by atoms with Gasteiger partial charge in [-0.3, -0.25) is 10.2 Å². The Balaban J connectivity index is 1.76. The number of piperidine rings is 1. The normalized spacial score (nSPS) is 14.8. The summed E-state index contributed by atoms with van der Waals surface area (Å²) >= 11 is 0. The lowest BCUT2D eigenvalue weighted by Crippen LogP contribution is -2.35. The zero-order valence-corrected chi connectivity index (χ0v) is 12.2. The van der Waals surface area contributed by atoms with Crippen LogP contribution >= 0.6 is 0 Å². The van der Waals surface area contributed by atoms with Crippen molar-refractivity contribution in [1.29, 1.82) is 5.41 Å². The second-order valence-corrected chi connectivity index (χ2v) is 5.41. The lowest BCUT2D eigenvalue weighted by molar-refractivity contribution is 0.0965. The van der Waals surface area contributed by atoms with Gasteiger partial charge in [-0.25, -0.2) is 0 Å². The van der Waals surface area contributed by atoms with Gasteiger partial charge in [0.1, 0.15) is 11.5 Å². The van der Waals surface area contributed by atoms with Gasteiger partial charge < -0.3 is 15.2 Å². The van der Waals surface area contributed by atoms with Crippen LogP contribution in [-0.2, 0) is 0 Å². The second kappa shape index (κ2) is 6.01. The predicted molar refractivity (Wildman–Crippen MR) is 82.7 cm³/mol. The molecule has 1 aliphatic rings. The molecule has 0 radical (unpaired) electrons. The maximum atomic E-state index is 11.0. The standard InChI is InChI=1S/C16H18N4O2/c17-15(20-8-2-1-3-9-20)12-6-4-11(5-7-12)13-10-14(16(18)21)22-19-13/h4-7,10,17H,1-3,8-9H2,(H2,18,21). The minimum atomic E-state index is -0.637.